The molecule has 0 fully saturated rings. The number of fused-ring (bicyclic) bond motifs is 6. The number of furan rings is 1. The molecule has 52 heavy (non-hydrogen) atoms. The summed E-state index contributed by atoms with van der Waals surface area (Å²) in [5.74, 6) is 0.574. The predicted octanol–water partition coefficient (Wildman–Crippen LogP) is 13.2. The topological polar surface area (TPSA) is 37.9 Å². The molecule has 1 aromatic heterocycles. The molecule has 0 aliphatic heterocycles. The van der Waals surface area contributed by atoms with E-state index < -0.39 is 0 Å². The van der Waals surface area contributed by atoms with Gasteiger partial charge in [-0.25, -0.2) is 9.98 Å². The highest BCUT2D eigenvalue weighted by Crippen LogP contribution is 2.41. The van der Waals surface area contributed by atoms with Gasteiger partial charge in [-0.1, -0.05) is 170 Å². The van der Waals surface area contributed by atoms with E-state index in [-0.39, 0.29) is 0 Å². The number of amidine groups is 1. The van der Waals surface area contributed by atoms with E-state index in [1.54, 1.807) is 0 Å². The first kappa shape index (κ1) is 31.2. The van der Waals surface area contributed by atoms with Crippen LogP contribution in [0.25, 0.3) is 71.4 Å². The van der Waals surface area contributed by atoms with Gasteiger partial charge < -0.3 is 4.42 Å². The second-order valence-corrected chi connectivity index (χ2v) is 13.1. The van der Waals surface area contributed by atoms with E-state index in [0.29, 0.717) is 11.5 Å². The minimum absolute atomic E-state index is 0.574. The van der Waals surface area contributed by atoms with Crippen LogP contribution in [-0.4, -0.2) is 11.5 Å². The molecule has 0 N–H and O–H groups in total. The Bertz CT molecular complexity index is 2840. The number of para-hydroxylation sites is 1. The maximum atomic E-state index is 6.79. The lowest BCUT2D eigenvalue weighted by Gasteiger charge is -2.11. The largest absolute Gasteiger partial charge is 0.455 e. The first-order valence-electron chi connectivity index (χ1n) is 17.5. The van der Waals surface area contributed by atoms with Crippen molar-refractivity contribution in [2.45, 2.75) is 6.92 Å². The van der Waals surface area contributed by atoms with E-state index in [2.05, 4.69) is 170 Å². The van der Waals surface area contributed by atoms with Crippen molar-refractivity contribution in [3.63, 3.8) is 0 Å². The number of hydrogen-bond acceptors (Lipinski definition) is 2. The molecule has 3 heteroatoms. The fourth-order valence-corrected chi connectivity index (χ4v) is 7.16. The Morgan fingerprint density at radius 1 is 0.500 bits per heavy atom. The van der Waals surface area contributed by atoms with Gasteiger partial charge in [0.05, 0.1) is 5.70 Å². The van der Waals surface area contributed by atoms with Crippen molar-refractivity contribution < 1.29 is 4.42 Å². The Kier molecular flexibility index (Phi) is 7.87. The second-order valence-electron chi connectivity index (χ2n) is 13.1. The van der Waals surface area contributed by atoms with E-state index in [1.165, 1.54) is 10.9 Å². The second kappa shape index (κ2) is 13.1. The fraction of sp³-hybridized carbons (Fsp3) is 0.0204. The summed E-state index contributed by atoms with van der Waals surface area (Å²) in [6.45, 7) is 6.51. The molecule has 246 valence electrons. The van der Waals surface area contributed by atoms with Crippen LogP contribution in [-0.2, 0) is 0 Å². The summed E-state index contributed by atoms with van der Waals surface area (Å²) >= 11 is 0. The zero-order valence-corrected chi connectivity index (χ0v) is 28.8. The van der Waals surface area contributed by atoms with Crippen molar-refractivity contribution in [3.8, 4) is 22.3 Å². The Labute approximate surface area is 302 Å². The fourth-order valence-electron chi connectivity index (χ4n) is 7.16. The molecule has 0 amide bonds. The summed E-state index contributed by atoms with van der Waals surface area (Å²) in [5.41, 5.74) is 10.5. The van der Waals surface area contributed by atoms with E-state index >= 15 is 0 Å². The Hall–Kier alpha value is -6.84. The molecular formula is C49H34N2O. The zero-order valence-electron chi connectivity index (χ0n) is 28.8. The molecule has 9 rings (SSSR count). The molecule has 0 radical (unpaired) electrons. The molecule has 0 saturated carbocycles. The van der Waals surface area contributed by atoms with Crippen molar-refractivity contribution in [1.29, 1.82) is 0 Å². The summed E-state index contributed by atoms with van der Waals surface area (Å²) in [6.07, 6.45) is 0. The van der Waals surface area contributed by atoms with Crippen LogP contribution in [0.15, 0.2) is 197 Å². The van der Waals surface area contributed by atoms with Crippen molar-refractivity contribution in [2.24, 2.45) is 9.98 Å². The minimum atomic E-state index is 0.574. The molecule has 0 saturated heterocycles. The molecule has 9 aromatic rings. The highest BCUT2D eigenvalue weighted by Gasteiger charge is 2.19. The van der Waals surface area contributed by atoms with E-state index in [1.807, 2.05) is 19.1 Å². The number of aliphatic imine (C=N–C) groups is 2. The molecular weight excluding hydrogens is 633 g/mol. The third-order valence-corrected chi connectivity index (χ3v) is 9.84. The molecule has 0 aliphatic carbocycles. The van der Waals surface area contributed by atoms with Gasteiger partial charge in [-0.3, -0.25) is 0 Å². The number of benzene rings is 8. The normalized spacial score (nSPS) is 12.2. The van der Waals surface area contributed by atoms with Crippen LogP contribution >= 0.6 is 0 Å². The Morgan fingerprint density at radius 3 is 1.88 bits per heavy atom. The Balaban J connectivity index is 1.24. The van der Waals surface area contributed by atoms with Crippen LogP contribution in [0.2, 0.25) is 0 Å². The van der Waals surface area contributed by atoms with Crippen LogP contribution in [0.3, 0.4) is 0 Å². The van der Waals surface area contributed by atoms with Gasteiger partial charge in [0.25, 0.3) is 0 Å². The standard InChI is InChI=1S/C49H34N2O/c1-32(34-24-26-37(27-25-34)35-14-5-3-6-15-35)50-49(51-33(2)39-29-28-36-16-9-10-19-40(36)30-39)45-31-46-47(43-21-12-11-20-42(43)45)44-23-13-22-41(48(44)52-46)38-17-7-4-8-18-38/h3-31H,2H2,1H3/b50-32+,51-49-. The summed E-state index contributed by atoms with van der Waals surface area (Å²) in [5, 5.41) is 6.60. The lowest BCUT2D eigenvalue weighted by molar-refractivity contribution is 0.670. The molecule has 0 spiro atoms. The number of hydrogen-bond donors (Lipinski definition) is 0. The van der Waals surface area contributed by atoms with Crippen LogP contribution in [0.4, 0.5) is 0 Å². The molecule has 8 aromatic carbocycles. The van der Waals surface area contributed by atoms with Crippen LogP contribution in [0.1, 0.15) is 23.6 Å². The van der Waals surface area contributed by atoms with Gasteiger partial charge in [0.2, 0.25) is 0 Å². The van der Waals surface area contributed by atoms with Crippen LogP contribution in [0.5, 0.6) is 0 Å². The minimum Gasteiger partial charge on any atom is -0.455 e. The molecule has 3 nitrogen and oxygen atoms in total. The first-order chi connectivity index (χ1) is 25.6. The van der Waals surface area contributed by atoms with Gasteiger partial charge in [0.15, 0.2) is 5.84 Å². The average molecular weight is 667 g/mol. The Morgan fingerprint density at radius 2 is 1.12 bits per heavy atom. The molecule has 1 heterocycles. The summed E-state index contributed by atoms with van der Waals surface area (Å²) < 4.78 is 6.79. The monoisotopic (exact) mass is 666 g/mol. The lowest BCUT2D eigenvalue weighted by Crippen LogP contribution is -2.05. The number of nitrogens with zero attached hydrogens (tertiary/aromatic N) is 2. The van der Waals surface area contributed by atoms with Crippen molar-refractivity contribution in [3.05, 3.63) is 199 Å². The summed E-state index contributed by atoms with van der Waals surface area (Å²) in [6, 6.07) is 61.0. The van der Waals surface area contributed by atoms with Gasteiger partial charge >= 0.3 is 0 Å². The van der Waals surface area contributed by atoms with Crippen molar-refractivity contribution in [2.75, 3.05) is 0 Å². The molecule has 0 bridgehead atoms. The highest BCUT2D eigenvalue weighted by molar-refractivity contribution is 6.26. The van der Waals surface area contributed by atoms with E-state index in [9.17, 15) is 0 Å². The SMILES string of the molecule is C=C(/N=C(\N=C(/C)c1ccc(-c2ccccc2)cc1)c1cc2oc3c(-c4ccccc4)cccc3c2c2ccccc12)c1ccc2ccccc2c1. The predicted molar refractivity (Wildman–Crippen MR) is 220 cm³/mol. The first-order valence-corrected chi connectivity index (χ1v) is 17.5. The highest BCUT2D eigenvalue weighted by atomic mass is 16.3. The maximum absolute atomic E-state index is 6.79. The molecule has 0 aliphatic rings. The lowest BCUT2D eigenvalue weighted by atomic mass is 9.97. The zero-order chi connectivity index (χ0) is 35.0. The van der Waals surface area contributed by atoms with Gasteiger partial charge in [-0.2, -0.15) is 0 Å². The third kappa shape index (κ3) is 5.69. The summed E-state index contributed by atoms with van der Waals surface area (Å²) in [7, 11) is 0. The van der Waals surface area contributed by atoms with E-state index in [4.69, 9.17) is 14.4 Å². The van der Waals surface area contributed by atoms with Gasteiger partial charge in [-0.15, -0.1) is 0 Å². The summed E-state index contributed by atoms with van der Waals surface area (Å²) in [4.78, 5) is 10.5. The van der Waals surface area contributed by atoms with Gasteiger partial charge in [0, 0.05) is 33.2 Å². The van der Waals surface area contributed by atoms with Crippen molar-refractivity contribution in [1.82, 2.24) is 0 Å². The van der Waals surface area contributed by atoms with Crippen molar-refractivity contribution >= 4 is 60.7 Å². The average Bonchev–Trinajstić information content (AvgIpc) is 3.60. The smallest absolute Gasteiger partial charge is 0.160 e. The van der Waals surface area contributed by atoms with Gasteiger partial charge in [-0.05, 0) is 62.9 Å². The van der Waals surface area contributed by atoms with Gasteiger partial charge in [0.1, 0.15) is 11.2 Å². The van der Waals surface area contributed by atoms with Crippen LogP contribution in [0, 0.1) is 0 Å². The number of rotatable bonds is 6. The quantitative estimate of drug-likeness (QED) is 0.129. The molecule has 0 atom stereocenters. The third-order valence-electron chi connectivity index (χ3n) is 9.84. The maximum Gasteiger partial charge on any atom is 0.160 e. The van der Waals surface area contributed by atoms with E-state index in [0.717, 1.165) is 77.2 Å². The van der Waals surface area contributed by atoms with Crippen LogP contribution < -0.4 is 0 Å². The molecule has 0 unspecified atom stereocenters.